The lowest BCUT2D eigenvalue weighted by molar-refractivity contribution is 0.0778. The highest BCUT2D eigenvalue weighted by Crippen LogP contribution is 2.26. The van der Waals surface area contributed by atoms with E-state index in [1.54, 1.807) is 14.2 Å². The van der Waals surface area contributed by atoms with E-state index in [-0.39, 0.29) is 6.10 Å². The predicted octanol–water partition coefficient (Wildman–Crippen LogP) is 1.97. The average Bonchev–Trinajstić information content (AvgIpc) is 2.40. The van der Waals surface area contributed by atoms with Gasteiger partial charge in [-0.3, -0.25) is 0 Å². The second-order valence-corrected chi connectivity index (χ2v) is 6.15. The quantitative estimate of drug-likeness (QED) is 0.517. The van der Waals surface area contributed by atoms with Crippen molar-refractivity contribution in [3.63, 3.8) is 0 Å². The molecular weight excluding hydrogens is 184 g/mol. The molecule has 0 aromatic carbocycles. The Hall–Kier alpha value is -0.163. The van der Waals surface area contributed by atoms with Crippen LogP contribution in [0.3, 0.4) is 0 Å². The third kappa shape index (κ3) is 2.64. The summed E-state index contributed by atoms with van der Waals surface area (Å²) >= 11 is 0. The van der Waals surface area contributed by atoms with E-state index < -0.39 is 8.80 Å². The van der Waals surface area contributed by atoms with Crippen molar-refractivity contribution in [3.8, 4) is 0 Å². The fourth-order valence-corrected chi connectivity index (χ4v) is 3.83. The van der Waals surface area contributed by atoms with Gasteiger partial charge in [0.25, 0.3) is 0 Å². The van der Waals surface area contributed by atoms with Crippen LogP contribution in [0.1, 0.15) is 19.3 Å². The monoisotopic (exact) mass is 202 g/mol. The summed E-state index contributed by atoms with van der Waals surface area (Å²) in [5.41, 5.74) is 0. The molecule has 0 N–H and O–H groups in total. The molecule has 1 heterocycles. The van der Waals surface area contributed by atoms with Crippen molar-refractivity contribution in [2.24, 2.45) is 0 Å². The highest BCUT2D eigenvalue weighted by atomic mass is 28.4. The first-order chi connectivity index (χ1) is 6.26. The van der Waals surface area contributed by atoms with Crippen LogP contribution in [0.2, 0.25) is 6.04 Å². The van der Waals surface area contributed by atoms with Crippen LogP contribution in [0.4, 0.5) is 0 Å². The SMILES string of the molecule is C=CC1CCCC[Si](OC)(OC)O1. The second-order valence-electron chi connectivity index (χ2n) is 3.23. The first kappa shape index (κ1) is 10.9. The van der Waals surface area contributed by atoms with E-state index in [9.17, 15) is 0 Å². The van der Waals surface area contributed by atoms with E-state index >= 15 is 0 Å². The van der Waals surface area contributed by atoms with Crippen LogP contribution in [0.5, 0.6) is 0 Å². The first-order valence-electron chi connectivity index (χ1n) is 4.67. The van der Waals surface area contributed by atoms with Gasteiger partial charge in [-0.2, -0.15) is 0 Å². The zero-order valence-corrected chi connectivity index (χ0v) is 9.41. The maximum Gasteiger partial charge on any atom is 0.500 e. The van der Waals surface area contributed by atoms with Crippen molar-refractivity contribution in [3.05, 3.63) is 12.7 Å². The first-order valence-corrected chi connectivity index (χ1v) is 6.60. The fourth-order valence-electron chi connectivity index (χ4n) is 1.59. The Labute approximate surface area is 81.1 Å². The summed E-state index contributed by atoms with van der Waals surface area (Å²) in [5, 5.41) is 0. The molecule has 1 aliphatic heterocycles. The van der Waals surface area contributed by atoms with Crippen LogP contribution in [0.25, 0.3) is 0 Å². The van der Waals surface area contributed by atoms with E-state index in [2.05, 4.69) is 6.58 Å². The molecule has 0 bridgehead atoms. The van der Waals surface area contributed by atoms with Gasteiger partial charge >= 0.3 is 8.80 Å². The van der Waals surface area contributed by atoms with E-state index in [4.69, 9.17) is 13.3 Å². The Kier molecular flexibility index (Phi) is 4.12. The summed E-state index contributed by atoms with van der Waals surface area (Å²) in [5.74, 6) is 0. The molecule has 1 rings (SSSR count). The standard InChI is InChI=1S/C9H18O3Si/c1-4-9-7-5-6-8-13(10-2,11-3)12-9/h4,9H,1,5-8H2,2-3H3. The molecule has 1 fully saturated rings. The topological polar surface area (TPSA) is 27.7 Å². The van der Waals surface area contributed by atoms with Gasteiger partial charge in [-0.15, -0.1) is 6.58 Å². The Morgan fingerprint density at radius 1 is 1.38 bits per heavy atom. The van der Waals surface area contributed by atoms with Gasteiger partial charge in [0.15, 0.2) is 0 Å². The molecule has 0 aromatic rings. The summed E-state index contributed by atoms with van der Waals surface area (Å²) in [6, 6.07) is 0.921. The minimum absolute atomic E-state index is 0.106. The van der Waals surface area contributed by atoms with Crippen LogP contribution in [-0.2, 0) is 13.3 Å². The van der Waals surface area contributed by atoms with Crippen molar-refractivity contribution >= 4 is 8.80 Å². The van der Waals surface area contributed by atoms with Crippen LogP contribution in [-0.4, -0.2) is 29.1 Å². The number of hydrogen-bond donors (Lipinski definition) is 0. The normalized spacial score (nSPS) is 28.0. The summed E-state index contributed by atoms with van der Waals surface area (Å²) in [6.07, 6.45) is 5.26. The third-order valence-electron chi connectivity index (χ3n) is 2.44. The van der Waals surface area contributed by atoms with Gasteiger partial charge in [-0.1, -0.05) is 12.5 Å². The van der Waals surface area contributed by atoms with E-state index in [0.717, 1.165) is 25.3 Å². The van der Waals surface area contributed by atoms with Gasteiger partial charge in [0.2, 0.25) is 0 Å². The number of rotatable bonds is 3. The van der Waals surface area contributed by atoms with Crippen LogP contribution in [0.15, 0.2) is 12.7 Å². The lowest BCUT2D eigenvalue weighted by atomic mass is 10.2. The number of hydrogen-bond acceptors (Lipinski definition) is 3. The van der Waals surface area contributed by atoms with Crippen LogP contribution >= 0.6 is 0 Å². The molecule has 1 saturated heterocycles. The van der Waals surface area contributed by atoms with Crippen molar-refractivity contribution < 1.29 is 13.3 Å². The van der Waals surface area contributed by atoms with Crippen molar-refractivity contribution in [1.82, 2.24) is 0 Å². The highest BCUT2D eigenvalue weighted by molar-refractivity contribution is 6.60. The summed E-state index contributed by atoms with van der Waals surface area (Å²) in [6.45, 7) is 3.75. The van der Waals surface area contributed by atoms with Crippen molar-refractivity contribution in [2.45, 2.75) is 31.4 Å². The lowest BCUT2D eigenvalue weighted by Crippen LogP contribution is -2.45. The molecule has 0 radical (unpaired) electrons. The molecular formula is C9H18O3Si. The van der Waals surface area contributed by atoms with E-state index in [0.29, 0.717) is 0 Å². The molecule has 0 aliphatic carbocycles. The highest BCUT2D eigenvalue weighted by Gasteiger charge is 2.41. The maximum absolute atomic E-state index is 5.82. The smallest absolute Gasteiger partial charge is 0.377 e. The summed E-state index contributed by atoms with van der Waals surface area (Å²) < 4.78 is 16.6. The zero-order chi connectivity index (χ0) is 9.73. The van der Waals surface area contributed by atoms with Crippen LogP contribution in [0, 0.1) is 0 Å². The molecule has 0 spiro atoms. The van der Waals surface area contributed by atoms with E-state index in [1.165, 1.54) is 0 Å². The minimum Gasteiger partial charge on any atom is -0.377 e. The van der Waals surface area contributed by atoms with Gasteiger partial charge < -0.3 is 13.3 Å². The molecule has 0 aromatic heterocycles. The molecule has 4 heteroatoms. The Morgan fingerprint density at radius 3 is 2.62 bits per heavy atom. The Bertz CT molecular complexity index is 168. The predicted molar refractivity (Wildman–Crippen MR) is 53.5 cm³/mol. The molecule has 0 amide bonds. The van der Waals surface area contributed by atoms with Gasteiger partial charge in [0.1, 0.15) is 0 Å². The van der Waals surface area contributed by atoms with E-state index in [1.807, 2.05) is 6.08 Å². The second kappa shape index (κ2) is 4.90. The lowest BCUT2D eigenvalue weighted by Gasteiger charge is -2.27. The maximum atomic E-state index is 5.82. The molecule has 1 atom stereocenters. The molecule has 0 saturated carbocycles. The molecule has 1 aliphatic rings. The minimum atomic E-state index is -2.34. The van der Waals surface area contributed by atoms with Gasteiger partial charge in [-0.25, -0.2) is 0 Å². The largest absolute Gasteiger partial charge is 0.500 e. The fraction of sp³-hybridized carbons (Fsp3) is 0.778. The zero-order valence-electron chi connectivity index (χ0n) is 8.41. The van der Waals surface area contributed by atoms with Gasteiger partial charge in [0, 0.05) is 20.3 Å². The van der Waals surface area contributed by atoms with Crippen molar-refractivity contribution in [1.29, 1.82) is 0 Å². The van der Waals surface area contributed by atoms with Crippen LogP contribution < -0.4 is 0 Å². The summed E-state index contributed by atoms with van der Waals surface area (Å²) in [4.78, 5) is 0. The molecule has 3 nitrogen and oxygen atoms in total. The summed E-state index contributed by atoms with van der Waals surface area (Å²) in [7, 11) is 0.999. The molecule has 1 unspecified atom stereocenters. The van der Waals surface area contributed by atoms with Gasteiger partial charge in [0.05, 0.1) is 6.10 Å². The average molecular weight is 202 g/mol. The Balaban J connectivity index is 2.65. The molecule has 76 valence electrons. The molecule has 13 heavy (non-hydrogen) atoms. The van der Waals surface area contributed by atoms with Crippen molar-refractivity contribution in [2.75, 3.05) is 14.2 Å². The third-order valence-corrected chi connectivity index (χ3v) is 5.31. The van der Waals surface area contributed by atoms with Gasteiger partial charge in [-0.05, 0) is 12.8 Å². The Morgan fingerprint density at radius 2 is 2.08 bits per heavy atom.